The van der Waals surface area contributed by atoms with Crippen molar-refractivity contribution < 1.29 is 14.0 Å². The molecule has 5 rings (SSSR count). The monoisotopic (exact) mass is 752 g/mol. The summed E-state index contributed by atoms with van der Waals surface area (Å²) in [4.78, 5) is 35.7. The van der Waals surface area contributed by atoms with Crippen LogP contribution in [0.15, 0.2) is 89.7 Å². The van der Waals surface area contributed by atoms with Crippen molar-refractivity contribution in [2.75, 3.05) is 46.3 Å². The van der Waals surface area contributed by atoms with E-state index in [1.54, 1.807) is 6.07 Å². The van der Waals surface area contributed by atoms with E-state index < -0.39 is 8.32 Å². The number of aromatic amines is 1. The number of piperidine rings is 1. The minimum absolute atomic E-state index is 0.00579. The molecule has 1 saturated heterocycles. The largest absolute Gasteiger partial charge is 0.487 e. The summed E-state index contributed by atoms with van der Waals surface area (Å²) >= 11 is 0. The average Bonchev–Trinajstić information content (AvgIpc) is 3.16. The molecule has 1 N–H and O–H groups in total. The number of ether oxygens (including phenoxy) is 1. The molecule has 1 fully saturated rings. The highest BCUT2D eigenvalue weighted by molar-refractivity contribution is 6.74. The molecule has 0 aliphatic carbocycles. The first-order valence-corrected chi connectivity index (χ1v) is 23.0. The molecule has 0 saturated carbocycles. The topological polar surface area (TPSA) is 78.1 Å². The highest BCUT2D eigenvalue weighted by atomic mass is 28.4. The van der Waals surface area contributed by atoms with Gasteiger partial charge in [-0.2, -0.15) is 0 Å². The number of likely N-dealkylation sites (N-methyl/N-ethyl adjacent to an activating group) is 1. The van der Waals surface area contributed by atoms with Crippen molar-refractivity contribution in [1.82, 2.24) is 19.7 Å². The number of fused-ring (bicyclic) bond motifs is 1. The summed E-state index contributed by atoms with van der Waals surface area (Å²) in [6, 6.07) is 28.4. The van der Waals surface area contributed by atoms with Crippen molar-refractivity contribution in [3.63, 3.8) is 0 Å². The quantitative estimate of drug-likeness (QED) is 0.0761. The summed E-state index contributed by atoms with van der Waals surface area (Å²) in [7, 11) is -0.285. The van der Waals surface area contributed by atoms with Gasteiger partial charge in [0.25, 0.3) is 0 Å². The number of nitrogens with one attached hydrogen (secondary N) is 1. The summed E-state index contributed by atoms with van der Waals surface area (Å²) in [5, 5.41) is 0.942. The maximum atomic E-state index is 13.0. The van der Waals surface area contributed by atoms with E-state index in [1.165, 1.54) is 24.8 Å². The molecule has 1 atom stereocenters. The molecule has 4 aromatic rings. The van der Waals surface area contributed by atoms with E-state index in [1.807, 2.05) is 54.4 Å². The molecule has 0 spiro atoms. The highest BCUT2D eigenvalue weighted by Gasteiger charge is 2.40. The van der Waals surface area contributed by atoms with E-state index >= 15 is 0 Å². The van der Waals surface area contributed by atoms with Gasteiger partial charge in [-0.15, -0.1) is 0 Å². The second kappa shape index (κ2) is 19.7. The molecule has 9 heteroatoms. The van der Waals surface area contributed by atoms with Gasteiger partial charge in [0, 0.05) is 51.1 Å². The molecule has 2 heterocycles. The van der Waals surface area contributed by atoms with E-state index in [-0.39, 0.29) is 22.6 Å². The third kappa shape index (κ3) is 12.1. The molecule has 0 bridgehead atoms. The molecule has 1 aliphatic rings. The molecule has 1 aromatic heterocycles. The van der Waals surface area contributed by atoms with Crippen LogP contribution in [-0.4, -0.2) is 80.2 Å². The van der Waals surface area contributed by atoms with Crippen LogP contribution in [0.2, 0.25) is 18.1 Å². The van der Waals surface area contributed by atoms with Crippen LogP contribution in [-0.2, 0) is 22.4 Å². The second-order valence-electron chi connectivity index (χ2n) is 16.7. The first kappa shape index (κ1) is 41.4. The van der Waals surface area contributed by atoms with Gasteiger partial charge in [-0.05, 0) is 92.3 Å². The number of carbonyl (C=O) groups excluding carboxylic acids is 1. The number of nitrogens with zero attached hydrogens (tertiary/aromatic N) is 3. The Hall–Kier alpha value is -3.76. The third-order valence-corrected chi connectivity index (χ3v) is 15.9. The van der Waals surface area contributed by atoms with Gasteiger partial charge in [-0.25, -0.2) is 0 Å². The lowest BCUT2D eigenvalue weighted by molar-refractivity contribution is -0.130. The molecule has 0 radical (unpaired) electrons. The van der Waals surface area contributed by atoms with Gasteiger partial charge in [-0.1, -0.05) is 100 Å². The SMILES string of the molecule is CN(CCN1CCCCC1)C(=O)CCCCCN(Cc1ccccc1)CC(O[Si](C)(C)C(C)(C)C)c1ccc(OCc2ccccc2)c2[nH]c(=O)ccc12. The van der Waals surface area contributed by atoms with Crippen molar-refractivity contribution >= 4 is 25.1 Å². The van der Waals surface area contributed by atoms with Crippen LogP contribution in [0.3, 0.4) is 0 Å². The Kier molecular flexibility index (Phi) is 15.1. The zero-order valence-corrected chi connectivity index (χ0v) is 34.7. The van der Waals surface area contributed by atoms with Gasteiger partial charge in [-0.3, -0.25) is 14.5 Å². The Morgan fingerprint density at radius 3 is 2.22 bits per heavy atom. The smallest absolute Gasteiger partial charge is 0.248 e. The Bertz CT molecular complexity index is 1800. The minimum Gasteiger partial charge on any atom is -0.487 e. The van der Waals surface area contributed by atoms with Crippen molar-refractivity contribution in [3.05, 3.63) is 112 Å². The number of benzene rings is 3. The van der Waals surface area contributed by atoms with Gasteiger partial charge < -0.3 is 23.9 Å². The second-order valence-corrected chi connectivity index (χ2v) is 21.4. The zero-order chi connectivity index (χ0) is 38.6. The first-order chi connectivity index (χ1) is 25.9. The summed E-state index contributed by atoms with van der Waals surface area (Å²) in [5.41, 5.74) is 3.90. The van der Waals surface area contributed by atoms with Crippen molar-refractivity contribution in [3.8, 4) is 5.75 Å². The van der Waals surface area contributed by atoms with Crippen LogP contribution in [0.25, 0.3) is 10.9 Å². The lowest BCUT2D eigenvalue weighted by atomic mass is 10.0. The van der Waals surface area contributed by atoms with Crippen LogP contribution < -0.4 is 10.3 Å². The van der Waals surface area contributed by atoms with Gasteiger partial charge in [0.1, 0.15) is 12.4 Å². The lowest BCUT2D eigenvalue weighted by Gasteiger charge is -2.41. The Morgan fingerprint density at radius 1 is 0.852 bits per heavy atom. The summed E-state index contributed by atoms with van der Waals surface area (Å²) in [6.45, 7) is 18.3. The van der Waals surface area contributed by atoms with Gasteiger partial charge >= 0.3 is 0 Å². The van der Waals surface area contributed by atoms with Crippen molar-refractivity contribution in [1.29, 1.82) is 0 Å². The number of hydrogen-bond donors (Lipinski definition) is 1. The number of carbonyl (C=O) groups is 1. The number of unbranched alkanes of at least 4 members (excludes halogenated alkanes) is 2. The van der Waals surface area contributed by atoms with Crippen LogP contribution in [0.5, 0.6) is 5.75 Å². The predicted molar refractivity (Wildman–Crippen MR) is 224 cm³/mol. The zero-order valence-electron chi connectivity index (χ0n) is 33.7. The molecule has 8 nitrogen and oxygen atoms in total. The fraction of sp³-hybridized carbons (Fsp3) is 0.511. The fourth-order valence-corrected chi connectivity index (χ4v) is 8.27. The van der Waals surface area contributed by atoms with Crippen molar-refractivity contribution in [2.45, 2.75) is 103 Å². The Balaban J connectivity index is 1.33. The molecule has 292 valence electrons. The highest BCUT2D eigenvalue weighted by Crippen LogP contribution is 2.42. The average molecular weight is 753 g/mol. The number of H-pyrrole nitrogens is 1. The van der Waals surface area contributed by atoms with E-state index in [0.717, 1.165) is 75.0 Å². The fourth-order valence-electron chi connectivity index (χ4n) is 7.01. The van der Waals surface area contributed by atoms with Crippen LogP contribution >= 0.6 is 0 Å². The van der Waals surface area contributed by atoms with Crippen LogP contribution in [0.4, 0.5) is 0 Å². The molecule has 1 amide bonds. The summed E-state index contributed by atoms with van der Waals surface area (Å²) in [6.07, 6.45) is 7.10. The number of hydrogen-bond acceptors (Lipinski definition) is 6. The predicted octanol–water partition coefficient (Wildman–Crippen LogP) is 9.18. The van der Waals surface area contributed by atoms with Crippen LogP contribution in [0.1, 0.15) is 88.5 Å². The van der Waals surface area contributed by atoms with Gasteiger partial charge in [0.05, 0.1) is 11.6 Å². The number of likely N-dealkylation sites (tertiary alicyclic amines) is 1. The Morgan fingerprint density at radius 2 is 1.54 bits per heavy atom. The van der Waals surface area contributed by atoms with E-state index in [0.29, 0.717) is 30.8 Å². The molecule has 1 aliphatic heterocycles. The molecule has 1 unspecified atom stereocenters. The molecule has 3 aromatic carbocycles. The van der Waals surface area contributed by atoms with E-state index in [4.69, 9.17) is 9.16 Å². The maximum absolute atomic E-state index is 13.0. The van der Waals surface area contributed by atoms with Gasteiger partial charge in [0.15, 0.2) is 8.32 Å². The maximum Gasteiger partial charge on any atom is 0.248 e. The van der Waals surface area contributed by atoms with Crippen molar-refractivity contribution in [2.24, 2.45) is 0 Å². The number of aromatic nitrogens is 1. The summed E-state index contributed by atoms with van der Waals surface area (Å²) < 4.78 is 13.6. The lowest BCUT2D eigenvalue weighted by Crippen LogP contribution is -2.44. The number of pyridine rings is 1. The third-order valence-electron chi connectivity index (χ3n) is 11.4. The Labute approximate surface area is 325 Å². The molecule has 54 heavy (non-hydrogen) atoms. The minimum atomic E-state index is -2.24. The number of amides is 1. The van der Waals surface area contributed by atoms with Crippen LogP contribution in [0, 0.1) is 0 Å². The molecular weight excluding hydrogens is 689 g/mol. The standard InChI is InChI=1S/C45H64N4O4Si/c1-45(2,3)54(5,6)53-41(38-24-26-40(44-39(38)25-27-42(50)46-44)52-35-37-21-13-8-14-22-37)34-49(33-36-19-11-7-12-20-36)30-16-9-15-23-43(51)47(4)31-32-48-28-17-10-18-29-48/h7-8,11-14,19-22,24-27,41H,9-10,15-18,23,28-35H2,1-6H3,(H,46,50). The summed E-state index contributed by atoms with van der Waals surface area (Å²) in [5.74, 6) is 0.895. The molecular formula is C45H64N4O4Si. The van der Waals surface area contributed by atoms with Gasteiger partial charge in [0.2, 0.25) is 11.5 Å². The van der Waals surface area contributed by atoms with E-state index in [9.17, 15) is 9.59 Å². The van der Waals surface area contributed by atoms with E-state index in [2.05, 4.69) is 85.0 Å². The normalized spacial score (nSPS) is 14.7. The number of rotatable bonds is 19. The first-order valence-electron chi connectivity index (χ1n) is 20.1.